The second kappa shape index (κ2) is 12.5. The molecule has 0 spiro atoms. The van der Waals surface area contributed by atoms with Crippen LogP contribution in [0.5, 0.6) is 0 Å². The monoisotopic (exact) mass is 220 g/mol. The Morgan fingerprint density at radius 3 is 1.33 bits per heavy atom. The first-order valence-electron chi connectivity index (χ1n) is 1.31. The number of hydrogen-bond donors (Lipinski definition) is 2. The molecule has 0 aromatic heterocycles. The van der Waals surface area contributed by atoms with Crippen LogP contribution in [0.1, 0.15) is 1.43 Å². The van der Waals surface area contributed by atoms with Crippen LogP contribution in [0.25, 0.3) is 0 Å². The first-order chi connectivity index (χ1) is 3.46. The maximum Gasteiger partial charge on any atom is 1.00 e. The maximum atomic E-state index is 8.56. The fourth-order valence-corrected chi connectivity index (χ4v) is 0. The van der Waals surface area contributed by atoms with E-state index in [0.29, 0.717) is 0 Å². The van der Waals surface area contributed by atoms with E-state index < -0.39 is 10.5 Å². The van der Waals surface area contributed by atoms with Crippen molar-refractivity contribution in [2.24, 2.45) is 0 Å². The topological polar surface area (TPSA) is 57.5 Å². The van der Waals surface area contributed by atoms with Crippen LogP contribution in [0.4, 0.5) is 4.79 Å². The fraction of sp³-hybridized carbons (Fsp3) is 0.500. The molecule has 3 nitrogen and oxygen atoms in total. The summed E-state index contributed by atoms with van der Waals surface area (Å²) in [5.41, 5.74) is 0. The van der Waals surface area contributed by atoms with E-state index in [0.717, 1.165) is 0 Å². The maximum absolute atomic E-state index is 8.56. The van der Waals surface area contributed by atoms with E-state index in [9.17, 15) is 0 Å². The van der Waals surface area contributed by atoms with Crippen LogP contribution in [0.3, 0.4) is 0 Å². The van der Waals surface area contributed by atoms with E-state index in [1.165, 1.54) is 0 Å². The molecule has 2 N–H and O–H groups in total. The van der Waals surface area contributed by atoms with Crippen LogP contribution in [-0.4, -0.2) is 20.7 Å². The van der Waals surface area contributed by atoms with E-state index in [2.05, 4.69) is 0 Å². The third-order valence-electron chi connectivity index (χ3n) is 0. The summed E-state index contributed by atoms with van der Waals surface area (Å²) in [5.74, 6) is 0. The molecule has 0 saturated heterocycles. The van der Waals surface area contributed by atoms with E-state index in [1.54, 1.807) is 0 Å². The Morgan fingerprint density at radius 2 is 1.33 bits per heavy atom. The van der Waals surface area contributed by atoms with Crippen LogP contribution in [-0.2, 0) is 0 Å². The van der Waals surface area contributed by atoms with Gasteiger partial charge in [-0.2, -0.15) is 0 Å². The summed E-state index contributed by atoms with van der Waals surface area (Å²) in [6.07, 6.45) is -1.83. The van der Waals surface area contributed by atoms with Crippen molar-refractivity contribution in [1.82, 2.24) is 0 Å². The van der Waals surface area contributed by atoms with Gasteiger partial charge < -0.3 is 11.6 Å². The molecule has 0 unspecified atom stereocenters. The third-order valence-corrected chi connectivity index (χ3v) is 0. The predicted molar refractivity (Wildman–Crippen MR) is 33.1 cm³/mol. The summed E-state index contributed by atoms with van der Waals surface area (Å²) in [4.78, 5) is 8.56. The van der Waals surface area contributed by atoms with Crippen LogP contribution < -0.4 is 51.4 Å². The molecule has 0 aliphatic rings. The zero-order valence-corrected chi connectivity index (χ0v) is 9.90. The van der Waals surface area contributed by atoms with Crippen molar-refractivity contribution in [3.05, 3.63) is 0 Å². The molecule has 9 heavy (non-hydrogen) atoms. The molecule has 0 heterocycles. The first-order valence-corrected chi connectivity index (χ1v) is 2.62. The van der Waals surface area contributed by atoms with Gasteiger partial charge in [0.25, 0.3) is 0 Å². The molecule has 0 fully saturated rings. The summed E-state index contributed by atoms with van der Waals surface area (Å²) in [5, 5.41) is 13.9. The second-order valence-electron chi connectivity index (χ2n) is 0.530. The van der Waals surface area contributed by atoms with E-state index >= 15 is 0 Å². The number of hydrogen-bond acceptors (Lipinski definition) is 1. The molecule has 0 aliphatic heterocycles. The minimum atomic E-state index is -1.83. The molecule has 0 amide bonds. The molecule has 0 aliphatic carbocycles. The van der Waals surface area contributed by atoms with Crippen LogP contribution >= 0.6 is 34.8 Å². The van der Waals surface area contributed by atoms with Gasteiger partial charge in [-0.15, -0.1) is 0 Å². The SMILES string of the molecule is ClC(Cl)Cl.O=C(O)O.[H-].[K+]. The first kappa shape index (κ1) is 17.0. The van der Waals surface area contributed by atoms with Gasteiger partial charge >= 0.3 is 57.5 Å². The van der Waals surface area contributed by atoms with Crippen molar-refractivity contribution in [3.8, 4) is 0 Å². The zero-order valence-electron chi connectivity index (χ0n) is 5.51. The molecule has 0 aromatic carbocycles. The van der Waals surface area contributed by atoms with Crippen molar-refractivity contribution in [2.45, 2.75) is 4.30 Å². The van der Waals surface area contributed by atoms with Gasteiger partial charge in [0.15, 0.2) is 4.30 Å². The predicted octanol–water partition coefficient (Wildman–Crippen LogP) is -0.675. The van der Waals surface area contributed by atoms with Crippen LogP contribution in [0, 0.1) is 0 Å². The van der Waals surface area contributed by atoms with Gasteiger partial charge in [0, 0.05) is 0 Å². The van der Waals surface area contributed by atoms with Gasteiger partial charge in [0.2, 0.25) is 0 Å². The smallest absolute Gasteiger partial charge is 1.00 e. The van der Waals surface area contributed by atoms with Crippen molar-refractivity contribution >= 4 is 41.0 Å². The normalized spacial score (nSPS) is 6.67. The standard InChI is InChI=1S/CHCl3.CH2O3.K.H/c2*2-1(3)4;;/h1H;(H2,2,3,4);;/q;;+1;-1. The summed E-state index contributed by atoms with van der Waals surface area (Å²) >= 11 is 14.4. The average molecular weight is 222 g/mol. The minimum Gasteiger partial charge on any atom is -1.00 e. The number of rotatable bonds is 0. The molecule has 7 heteroatoms. The molecule has 0 rings (SSSR count). The fourth-order valence-electron chi connectivity index (χ4n) is 0. The number of carbonyl (C=O) groups is 1. The summed E-state index contributed by atoms with van der Waals surface area (Å²) in [6, 6.07) is 0. The molecule has 0 saturated carbocycles. The van der Waals surface area contributed by atoms with E-state index in [4.69, 9.17) is 49.8 Å². The van der Waals surface area contributed by atoms with Crippen molar-refractivity contribution in [2.75, 3.05) is 0 Å². The van der Waals surface area contributed by atoms with E-state index in [1.807, 2.05) is 0 Å². The number of halogens is 3. The van der Waals surface area contributed by atoms with Crippen molar-refractivity contribution < 1.29 is 67.8 Å². The Morgan fingerprint density at radius 1 is 1.33 bits per heavy atom. The molecule has 0 atom stereocenters. The van der Waals surface area contributed by atoms with Crippen molar-refractivity contribution in [3.63, 3.8) is 0 Å². The van der Waals surface area contributed by atoms with E-state index in [-0.39, 0.29) is 52.8 Å². The van der Waals surface area contributed by atoms with Crippen LogP contribution in [0.15, 0.2) is 0 Å². The van der Waals surface area contributed by atoms with Gasteiger partial charge in [0.1, 0.15) is 0 Å². The molecule has 0 aromatic rings. The second-order valence-corrected chi connectivity index (χ2v) is 2.51. The Hall–Kier alpha value is 1.78. The molecule has 0 bridgehead atoms. The summed E-state index contributed by atoms with van der Waals surface area (Å²) < 4.78 is -0.750. The Balaban J connectivity index is -0.0000000300. The number of carboxylic acid groups (broad SMARTS) is 2. The summed E-state index contributed by atoms with van der Waals surface area (Å²) in [6.45, 7) is 0. The zero-order chi connectivity index (χ0) is 7.15. The molecular weight excluding hydrogens is 217 g/mol. The molecule has 0 radical (unpaired) electrons. The third kappa shape index (κ3) is 187. The van der Waals surface area contributed by atoms with Gasteiger partial charge in [-0.1, -0.05) is 34.8 Å². The minimum absolute atomic E-state index is 0. The van der Waals surface area contributed by atoms with Gasteiger partial charge in [0.05, 0.1) is 0 Å². The largest absolute Gasteiger partial charge is 1.00 e. The molecule has 52 valence electrons. The van der Waals surface area contributed by atoms with Crippen LogP contribution in [0.2, 0.25) is 0 Å². The Bertz CT molecular complexity index is 66.0. The van der Waals surface area contributed by atoms with Crippen molar-refractivity contribution in [1.29, 1.82) is 0 Å². The van der Waals surface area contributed by atoms with Gasteiger partial charge in [-0.05, 0) is 0 Å². The Labute approximate surface area is 111 Å². The van der Waals surface area contributed by atoms with Gasteiger partial charge in [-0.3, -0.25) is 0 Å². The Kier molecular flexibility index (Phi) is 23.6. The quantitative estimate of drug-likeness (QED) is 0.421. The van der Waals surface area contributed by atoms with Gasteiger partial charge in [-0.25, -0.2) is 4.79 Å². The summed E-state index contributed by atoms with van der Waals surface area (Å²) in [7, 11) is 0. The molecular formula is C2H4Cl3KO3. The number of alkyl halides is 3. The average Bonchev–Trinajstić information content (AvgIpc) is 1.25.